The second kappa shape index (κ2) is 9.84. The summed E-state index contributed by atoms with van der Waals surface area (Å²) in [5.74, 6) is -7.17. The lowest BCUT2D eigenvalue weighted by Gasteiger charge is -2.23. The summed E-state index contributed by atoms with van der Waals surface area (Å²) in [7, 11) is 1.48. The number of amides is 3. The third-order valence-electron chi connectivity index (χ3n) is 5.21. The number of hydrogen-bond donors (Lipinski definition) is 2. The van der Waals surface area contributed by atoms with Crippen LogP contribution < -0.4 is 15.5 Å². The van der Waals surface area contributed by atoms with Crippen molar-refractivity contribution in [3.63, 3.8) is 0 Å². The number of halogens is 6. The highest BCUT2D eigenvalue weighted by Gasteiger charge is 2.57. The summed E-state index contributed by atoms with van der Waals surface area (Å²) in [4.78, 5) is 38.1. The van der Waals surface area contributed by atoms with E-state index in [2.05, 4.69) is 10.1 Å². The number of anilines is 1. The molecule has 188 valence electrons. The first-order chi connectivity index (χ1) is 16.3. The number of carbonyl (C=O) groups is 3. The molecule has 1 heterocycles. The summed E-state index contributed by atoms with van der Waals surface area (Å²) in [6, 6.07) is 12.3. The standard InChI is InChI=1S/C22H19F6N3O4/c1-31-16-9-5-4-7-13(16)12-6-2-3-8-14(12)17(19(31)33)30-18(32)15(23)10-35-20(34)29-11-21(24,25)22(26,27)28/h2-9,15,17H,10-11H2,1H3,(H,29,34)(H,30,32). The fourth-order valence-corrected chi connectivity index (χ4v) is 3.36. The van der Waals surface area contributed by atoms with Gasteiger partial charge >= 0.3 is 18.2 Å². The lowest BCUT2D eigenvalue weighted by atomic mass is 9.95. The van der Waals surface area contributed by atoms with Gasteiger partial charge in [-0.1, -0.05) is 42.5 Å². The van der Waals surface area contributed by atoms with Crippen LogP contribution in [-0.2, 0) is 14.3 Å². The first kappa shape index (κ1) is 25.8. The Bertz CT molecular complexity index is 1120. The number of alkyl carbamates (subject to hydrolysis) is 1. The molecule has 7 nitrogen and oxygen atoms in total. The van der Waals surface area contributed by atoms with Gasteiger partial charge in [-0.25, -0.2) is 9.18 Å². The number of fused-ring (bicyclic) bond motifs is 3. The Hall–Kier alpha value is -3.77. The molecule has 0 spiro atoms. The number of benzene rings is 2. The average molecular weight is 503 g/mol. The van der Waals surface area contributed by atoms with Gasteiger partial charge in [0.05, 0.1) is 12.2 Å². The maximum Gasteiger partial charge on any atom is 0.455 e. The first-order valence-electron chi connectivity index (χ1n) is 10.1. The summed E-state index contributed by atoms with van der Waals surface area (Å²) >= 11 is 0. The van der Waals surface area contributed by atoms with Gasteiger partial charge in [0.15, 0.2) is 0 Å². The van der Waals surface area contributed by atoms with Crippen LogP contribution in [0.25, 0.3) is 11.1 Å². The first-order valence-corrected chi connectivity index (χ1v) is 10.1. The van der Waals surface area contributed by atoms with Crippen LogP contribution in [0.4, 0.5) is 36.8 Å². The summed E-state index contributed by atoms with van der Waals surface area (Å²) in [6.45, 7) is -3.41. The van der Waals surface area contributed by atoms with Crippen LogP contribution in [0.1, 0.15) is 11.6 Å². The second-order valence-corrected chi connectivity index (χ2v) is 7.57. The number of nitrogens with zero attached hydrogens (tertiary/aromatic N) is 1. The van der Waals surface area contributed by atoms with Gasteiger partial charge in [0.1, 0.15) is 12.6 Å². The molecule has 3 rings (SSSR count). The fraction of sp³-hybridized carbons (Fsp3) is 0.318. The Labute approximate surface area is 195 Å². The van der Waals surface area contributed by atoms with Crippen LogP contribution in [0.3, 0.4) is 0 Å². The lowest BCUT2D eigenvalue weighted by Crippen LogP contribution is -2.47. The molecule has 0 bridgehead atoms. The van der Waals surface area contributed by atoms with Gasteiger partial charge in [0.25, 0.3) is 11.8 Å². The Balaban J connectivity index is 1.67. The van der Waals surface area contributed by atoms with E-state index in [-0.39, 0.29) is 0 Å². The molecule has 0 fully saturated rings. The Morgan fingerprint density at radius 1 is 1.03 bits per heavy atom. The third-order valence-corrected chi connectivity index (χ3v) is 5.21. The van der Waals surface area contributed by atoms with Crippen molar-refractivity contribution in [2.45, 2.75) is 24.3 Å². The highest BCUT2D eigenvalue weighted by molar-refractivity contribution is 6.06. The van der Waals surface area contributed by atoms with E-state index in [1.165, 1.54) is 11.9 Å². The smallest absolute Gasteiger partial charge is 0.446 e. The number of alkyl halides is 6. The number of carbonyl (C=O) groups excluding carboxylic acids is 3. The molecule has 2 atom stereocenters. The van der Waals surface area contributed by atoms with Crippen molar-refractivity contribution in [2.75, 3.05) is 25.1 Å². The zero-order chi connectivity index (χ0) is 26.0. The fourth-order valence-electron chi connectivity index (χ4n) is 3.36. The predicted octanol–water partition coefficient (Wildman–Crippen LogP) is 3.75. The van der Waals surface area contributed by atoms with E-state index in [1.807, 2.05) is 0 Å². The number of hydrogen-bond acceptors (Lipinski definition) is 4. The molecule has 0 aliphatic carbocycles. The van der Waals surface area contributed by atoms with Crippen molar-refractivity contribution < 1.29 is 45.5 Å². The molecule has 1 aliphatic rings. The van der Waals surface area contributed by atoms with E-state index < -0.39 is 55.4 Å². The molecule has 0 saturated heterocycles. The molecule has 1 aliphatic heterocycles. The van der Waals surface area contributed by atoms with Gasteiger partial charge in [0.2, 0.25) is 6.17 Å². The molecule has 2 aromatic rings. The number of likely N-dealkylation sites (N-methyl/N-ethyl adjacent to an activating group) is 1. The summed E-state index contributed by atoms with van der Waals surface area (Å²) in [5, 5.41) is 3.40. The van der Waals surface area contributed by atoms with Gasteiger partial charge in [-0.15, -0.1) is 0 Å². The van der Waals surface area contributed by atoms with Crippen LogP contribution >= 0.6 is 0 Å². The number of ether oxygens (including phenoxy) is 1. The summed E-state index contributed by atoms with van der Waals surface area (Å²) in [5.41, 5.74) is 2.24. The second-order valence-electron chi connectivity index (χ2n) is 7.57. The Morgan fingerprint density at radius 2 is 1.63 bits per heavy atom. The van der Waals surface area contributed by atoms with Crippen molar-refractivity contribution in [1.29, 1.82) is 0 Å². The molecule has 0 aromatic heterocycles. The zero-order valence-corrected chi connectivity index (χ0v) is 18.0. The van der Waals surface area contributed by atoms with Gasteiger partial charge in [-0.05, 0) is 17.2 Å². The molecule has 0 radical (unpaired) electrons. The minimum atomic E-state index is -5.91. The van der Waals surface area contributed by atoms with E-state index in [0.29, 0.717) is 22.4 Å². The van der Waals surface area contributed by atoms with E-state index >= 15 is 0 Å². The molecule has 2 aromatic carbocycles. The topological polar surface area (TPSA) is 87.7 Å². The Kier molecular flexibility index (Phi) is 7.27. The molecule has 35 heavy (non-hydrogen) atoms. The minimum absolute atomic E-state index is 0.378. The number of para-hydroxylation sites is 1. The van der Waals surface area contributed by atoms with Crippen LogP contribution in [-0.4, -0.2) is 56.4 Å². The lowest BCUT2D eigenvalue weighted by molar-refractivity contribution is -0.278. The van der Waals surface area contributed by atoms with Gasteiger partial charge < -0.3 is 20.3 Å². The van der Waals surface area contributed by atoms with Gasteiger partial charge in [0, 0.05) is 12.6 Å². The number of nitrogens with one attached hydrogen (secondary N) is 2. The predicted molar refractivity (Wildman–Crippen MR) is 111 cm³/mol. The van der Waals surface area contributed by atoms with E-state index in [4.69, 9.17) is 0 Å². The molecule has 2 N–H and O–H groups in total. The molecule has 13 heteroatoms. The SMILES string of the molecule is CN1C(=O)C(NC(=O)C(F)COC(=O)NCC(F)(F)C(F)(F)F)c2ccccc2-c2ccccc21. The van der Waals surface area contributed by atoms with Crippen molar-refractivity contribution >= 4 is 23.6 Å². The Morgan fingerprint density at radius 3 is 2.29 bits per heavy atom. The van der Waals surface area contributed by atoms with E-state index in [9.17, 15) is 40.7 Å². The van der Waals surface area contributed by atoms with Crippen LogP contribution in [0.5, 0.6) is 0 Å². The highest BCUT2D eigenvalue weighted by atomic mass is 19.4. The number of rotatable bonds is 6. The quantitative estimate of drug-likeness (QED) is 0.588. The maximum absolute atomic E-state index is 14.4. The summed E-state index contributed by atoms with van der Waals surface area (Å²) in [6.07, 6.45) is -10.2. The highest BCUT2D eigenvalue weighted by Crippen LogP contribution is 2.39. The minimum Gasteiger partial charge on any atom is -0.446 e. The molecular formula is C22H19F6N3O4. The summed E-state index contributed by atoms with van der Waals surface area (Å²) < 4.78 is 80.6. The molecule has 3 amide bonds. The third kappa shape index (κ3) is 5.49. The van der Waals surface area contributed by atoms with Crippen molar-refractivity contribution in [1.82, 2.24) is 10.6 Å². The van der Waals surface area contributed by atoms with E-state index in [1.54, 1.807) is 48.5 Å². The van der Waals surface area contributed by atoms with Crippen LogP contribution in [0.15, 0.2) is 48.5 Å². The monoisotopic (exact) mass is 503 g/mol. The van der Waals surface area contributed by atoms with Crippen LogP contribution in [0.2, 0.25) is 0 Å². The van der Waals surface area contributed by atoms with Gasteiger partial charge in [-0.2, -0.15) is 22.0 Å². The molecule has 2 unspecified atom stereocenters. The van der Waals surface area contributed by atoms with Crippen molar-refractivity contribution in [3.05, 3.63) is 54.1 Å². The normalized spacial score (nSPS) is 16.5. The average Bonchev–Trinajstić information content (AvgIpc) is 2.90. The van der Waals surface area contributed by atoms with E-state index in [0.717, 1.165) is 5.32 Å². The van der Waals surface area contributed by atoms with Crippen LogP contribution in [0, 0.1) is 0 Å². The van der Waals surface area contributed by atoms with Gasteiger partial charge in [-0.3, -0.25) is 9.59 Å². The van der Waals surface area contributed by atoms with Crippen molar-refractivity contribution in [2.24, 2.45) is 0 Å². The molecule has 0 saturated carbocycles. The maximum atomic E-state index is 14.4. The van der Waals surface area contributed by atoms with Crippen molar-refractivity contribution in [3.8, 4) is 11.1 Å². The zero-order valence-electron chi connectivity index (χ0n) is 18.0. The largest absolute Gasteiger partial charge is 0.455 e. The molecular weight excluding hydrogens is 484 g/mol.